The van der Waals surface area contributed by atoms with Crippen LogP contribution in [0.4, 0.5) is 13.2 Å². The Kier molecular flexibility index (Phi) is 12.1. The van der Waals surface area contributed by atoms with Gasteiger partial charge in [-0.1, -0.05) is 65.2 Å². The van der Waals surface area contributed by atoms with E-state index in [-0.39, 0.29) is 0 Å². The van der Waals surface area contributed by atoms with Gasteiger partial charge in [-0.05, 0) is 12.8 Å². The number of hydrogen-bond acceptors (Lipinski definition) is 2. The van der Waals surface area contributed by atoms with Gasteiger partial charge in [-0.25, -0.2) is 4.39 Å². The lowest BCUT2D eigenvalue weighted by atomic mass is 10.00. The lowest BCUT2D eigenvalue weighted by Crippen LogP contribution is -2.37. The van der Waals surface area contributed by atoms with Crippen LogP contribution in [-0.2, 0) is 4.74 Å². The van der Waals surface area contributed by atoms with Crippen LogP contribution in [0.1, 0.15) is 78.1 Å². The smallest absolute Gasteiger partial charge is 0.384 e. The summed E-state index contributed by atoms with van der Waals surface area (Å²) in [4.78, 5) is 0. The molecule has 0 aliphatic rings. The second-order valence-corrected chi connectivity index (χ2v) is 5.69. The summed E-state index contributed by atoms with van der Waals surface area (Å²) in [6.45, 7) is 2.30. The Labute approximate surface area is 127 Å². The molecule has 0 aromatic rings. The monoisotopic (exact) mass is 312 g/mol. The van der Waals surface area contributed by atoms with Crippen molar-refractivity contribution >= 4 is 0 Å². The van der Waals surface area contributed by atoms with Crippen molar-refractivity contribution < 1.29 is 23.0 Å². The minimum absolute atomic E-state index is 0.352. The van der Waals surface area contributed by atoms with Gasteiger partial charge >= 0.3 is 6.11 Å². The van der Waals surface area contributed by atoms with Gasteiger partial charge in [0.1, 0.15) is 0 Å². The second-order valence-electron chi connectivity index (χ2n) is 5.69. The molecule has 2 nitrogen and oxygen atoms in total. The Hall–Kier alpha value is -0.290. The van der Waals surface area contributed by atoms with Gasteiger partial charge in [-0.3, -0.25) is 0 Å². The van der Waals surface area contributed by atoms with E-state index in [1.165, 1.54) is 0 Å². The van der Waals surface area contributed by atoms with Gasteiger partial charge in [0, 0.05) is 0 Å². The molecule has 0 rings (SSSR count). The van der Waals surface area contributed by atoms with Crippen molar-refractivity contribution in [2.45, 2.75) is 96.4 Å². The molecule has 0 radical (unpaired) electrons. The first-order chi connectivity index (χ1) is 9.96. The highest BCUT2D eigenvalue weighted by atomic mass is 19.3. The van der Waals surface area contributed by atoms with Crippen LogP contribution in [-0.4, -0.2) is 30.1 Å². The van der Waals surface area contributed by atoms with Crippen molar-refractivity contribution in [2.75, 3.05) is 6.67 Å². The Bertz CT molecular complexity index is 238. The molecule has 0 aromatic carbocycles. The molecule has 0 spiro atoms. The first-order valence-corrected chi connectivity index (χ1v) is 8.26. The highest BCUT2D eigenvalue weighted by molar-refractivity contribution is 4.72. The van der Waals surface area contributed by atoms with Crippen LogP contribution in [0.15, 0.2) is 0 Å². The van der Waals surface area contributed by atoms with E-state index in [0.717, 1.165) is 44.9 Å². The fourth-order valence-corrected chi connectivity index (χ4v) is 2.32. The van der Waals surface area contributed by atoms with E-state index in [0.29, 0.717) is 19.3 Å². The van der Waals surface area contributed by atoms with Crippen molar-refractivity contribution in [3.63, 3.8) is 0 Å². The minimum Gasteiger partial charge on any atom is -0.390 e. The molecule has 0 bridgehead atoms. The molecule has 0 aromatic heterocycles. The fraction of sp³-hybridized carbons (Fsp3) is 1.00. The SMILES string of the molecule is CCCCCCC(O)C(CCCCCC)OC(F)(F)CF. The average Bonchev–Trinajstić information content (AvgIpc) is 2.46. The van der Waals surface area contributed by atoms with Gasteiger partial charge in [-0.2, -0.15) is 8.78 Å². The molecule has 0 aliphatic heterocycles. The number of halogens is 3. The van der Waals surface area contributed by atoms with Crippen molar-refractivity contribution in [3.8, 4) is 0 Å². The van der Waals surface area contributed by atoms with E-state index < -0.39 is 25.0 Å². The predicted octanol–water partition coefficient (Wildman–Crippen LogP) is 5.24. The summed E-state index contributed by atoms with van der Waals surface area (Å²) >= 11 is 0. The first kappa shape index (κ1) is 20.7. The van der Waals surface area contributed by atoms with E-state index in [2.05, 4.69) is 18.6 Å². The minimum atomic E-state index is -3.79. The molecular formula is C16H31F3O2. The van der Waals surface area contributed by atoms with Gasteiger partial charge in [-0.15, -0.1) is 0 Å². The molecule has 1 N–H and O–H groups in total. The summed E-state index contributed by atoms with van der Waals surface area (Å²) < 4.78 is 42.9. The van der Waals surface area contributed by atoms with Gasteiger partial charge in [0.05, 0.1) is 12.2 Å². The number of hydrogen-bond donors (Lipinski definition) is 1. The number of aliphatic hydroxyl groups is 1. The largest absolute Gasteiger partial charge is 0.390 e. The standard InChI is InChI=1S/C16H31F3O2/c1-3-5-7-9-11-14(20)15(12-10-8-6-4-2)21-16(18,19)13-17/h14-15,20H,3-13H2,1-2H3. The summed E-state index contributed by atoms with van der Waals surface area (Å²) in [5.41, 5.74) is 0. The molecule has 0 saturated carbocycles. The number of ether oxygens (including phenoxy) is 1. The van der Waals surface area contributed by atoms with E-state index in [9.17, 15) is 18.3 Å². The fourth-order valence-electron chi connectivity index (χ4n) is 2.32. The van der Waals surface area contributed by atoms with Crippen LogP contribution >= 0.6 is 0 Å². The van der Waals surface area contributed by atoms with Crippen LogP contribution in [0.2, 0.25) is 0 Å². The van der Waals surface area contributed by atoms with E-state index in [1.807, 2.05) is 0 Å². The molecule has 128 valence electrons. The van der Waals surface area contributed by atoms with E-state index in [1.54, 1.807) is 0 Å². The summed E-state index contributed by atoms with van der Waals surface area (Å²) in [7, 11) is 0. The number of alkyl halides is 3. The maximum absolute atomic E-state index is 13.1. The zero-order chi connectivity index (χ0) is 16.1. The summed E-state index contributed by atoms with van der Waals surface area (Å²) in [6.07, 6.45) is 2.67. The highest BCUT2D eigenvalue weighted by Crippen LogP contribution is 2.25. The molecule has 21 heavy (non-hydrogen) atoms. The zero-order valence-corrected chi connectivity index (χ0v) is 13.4. The van der Waals surface area contributed by atoms with Crippen LogP contribution in [0, 0.1) is 0 Å². The topological polar surface area (TPSA) is 29.5 Å². The molecule has 0 amide bonds. The van der Waals surface area contributed by atoms with Crippen molar-refractivity contribution in [2.24, 2.45) is 0 Å². The molecule has 2 atom stereocenters. The maximum Gasteiger partial charge on any atom is 0.384 e. The Morgan fingerprint density at radius 2 is 1.43 bits per heavy atom. The quantitative estimate of drug-likeness (QED) is 0.445. The molecule has 5 heteroatoms. The van der Waals surface area contributed by atoms with Gasteiger partial charge in [0.25, 0.3) is 0 Å². The Morgan fingerprint density at radius 1 is 0.905 bits per heavy atom. The van der Waals surface area contributed by atoms with Crippen LogP contribution in [0.3, 0.4) is 0 Å². The molecular weight excluding hydrogens is 281 g/mol. The van der Waals surface area contributed by atoms with Crippen molar-refractivity contribution in [1.29, 1.82) is 0 Å². The zero-order valence-electron chi connectivity index (χ0n) is 13.4. The third-order valence-electron chi connectivity index (χ3n) is 3.60. The van der Waals surface area contributed by atoms with Crippen molar-refractivity contribution in [1.82, 2.24) is 0 Å². The summed E-state index contributed by atoms with van der Waals surface area (Å²) in [5.74, 6) is 0. The van der Waals surface area contributed by atoms with Crippen molar-refractivity contribution in [3.05, 3.63) is 0 Å². The highest BCUT2D eigenvalue weighted by Gasteiger charge is 2.36. The molecule has 0 fully saturated rings. The van der Waals surface area contributed by atoms with Gasteiger partial charge < -0.3 is 9.84 Å². The lowest BCUT2D eigenvalue weighted by molar-refractivity contribution is -0.284. The van der Waals surface area contributed by atoms with Crippen LogP contribution in [0.5, 0.6) is 0 Å². The molecule has 0 aliphatic carbocycles. The van der Waals surface area contributed by atoms with E-state index in [4.69, 9.17) is 0 Å². The first-order valence-electron chi connectivity index (χ1n) is 8.26. The number of unbranched alkanes of at least 4 members (excludes halogenated alkanes) is 6. The van der Waals surface area contributed by atoms with Crippen LogP contribution in [0.25, 0.3) is 0 Å². The summed E-state index contributed by atoms with van der Waals surface area (Å²) in [5, 5.41) is 10.0. The number of rotatable bonds is 14. The third kappa shape index (κ3) is 11.0. The lowest BCUT2D eigenvalue weighted by Gasteiger charge is -2.27. The maximum atomic E-state index is 13.1. The predicted molar refractivity (Wildman–Crippen MR) is 79.3 cm³/mol. The Balaban J connectivity index is 4.26. The summed E-state index contributed by atoms with van der Waals surface area (Å²) in [6, 6.07) is 0. The van der Waals surface area contributed by atoms with Gasteiger partial charge in [0.15, 0.2) is 6.67 Å². The molecule has 0 saturated heterocycles. The van der Waals surface area contributed by atoms with Gasteiger partial charge in [0.2, 0.25) is 0 Å². The van der Waals surface area contributed by atoms with Crippen LogP contribution < -0.4 is 0 Å². The number of aliphatic hydroxyl groups excluding tert-OH is 1. The molecule has 0 heterocycles. The third-order valence-corrected chi connectivity index (χ3v) is 3.60. The van der Waals surface area contributed by atoms with E-state index >= 15 is 0 Å². The second kappa shape index (κ2) is 12.3. The Morgan fingerprint density at radius 3 is 1.90 bits per heavy atom. The normalized spacial score (nSPS) is 15.1. The molecule has 2 unspecified atom stereocenters. The average molecular weight is 312 g/mol.